The molecule has 1 saturated heterocycles. The maximum Gasteiger partial charge on any atom is 0.128 e. The summed E-state index contributed by atoms with van der Waals surface area (Å²) in [6.07, 6.45) is 2.31. The van der Waals surface area contributed by atoms with Crippen molar-refractivity contribution >= 4 is 5.82 Å². The summed E-state index contributed by atoms with van der Waals surface area (Å²) in [6.45, 7) is 9.94. The van der Waals surface area contributed by atoms with E-state index in [1.807, 2.05) is 12.3 Å². The Morgan fingerprint density at radius 1 is 0.958 bits per heavy atom. The molecule has 1 aromatic heterocycles. The smallest absolute Gasteiger partial charge is 0.128 e. The number of rotatable bonds is 3. The van der Waals surface area contributed by atoms with Gasteiger partial charge in [0.15, 0.2) is 0 Å². The van der Waals surface area contributed by atoms with Crippen molar-refractivity contribution in [2.24, 2.45) is 0 Å². The van der Waals surface area contributed by atoms with Crippen molar-refractivity contribution in [3.63, 3.8) is 0 Å². The lowest BCUT2D eigenvalue weighted by molar-refractivity contribution is 0.0260. The molecule has 0 radical (unpaired) electrons. The lowest BCUT2D eigenvalue weighted by Gasteiger charge is -2.42. The molecule has 1 unspecified atom stereocenters. The quantitative estimate of drug-likeness (QED) is 0.866. The highest BCUT2D eigenvalue weighted by Crippen LogP contribution is 2.38. The molecule has 0 saturated carbocycles. The normalized spacial score (nSPS) is 22.1. The van der Waals surface area contributed by atoms with Crippen LogP contribution in [-0.2, 0) is 6.54 Å². The summed E-state index contributed by atoms with van der Waals surface area (Å²) in [5.41, 5.74) is 2.99. The molecule has 2 aliphatic rings. The standard InChI is InChI=1S/C20H26N4/c1-16(2)24-15-17-7-3-4-8-18(17)20(24)23-13-11-22(12-14-23)19-9-5-6-10-21-19/h3-10,16,20H,11-15H2,1-2H3. The van der Waals surface area contributed by atoms with Gasteiger partial charge in [0, 0.05) is 45.0 Å². The fourth-order valence-corrected chi connectivity index (χ4v) is 4.00. The van der Waals surface area contributed by atoms with Crippen LogP contribution >= 0.6 is 0 Å². The van der Waals surface area contributed by atoms with E-state index in [1.165, 1.54) is 11.1 Å². The first-order chi connectivity index (χ1) is 11.7. The second-order valence-electron chi connectivity index (χ2n) is 7.05. The average molecular weight is 322 g/mol. The highest BCUT2D eigenvalue weighted by molar-refractivity contribution is 5.39. The third kappa shape index (κ3) is 2.80. The van der Waals surface area contributed by atoms with Gasteiger partial charge in [0.1, 0.15) is 5.82 Å². The minimum atomic E-state index is 0.423. The Morgan fingerprint density at radius 3 is 2.42 bits per heavy atom. The number of aromatic nitrogens is 1. The Balaban J connectivity index is 1.52. The van der Waals surface area contributed by atoms with Gasteiger partial charge in [0.25, 0.3) is 0 Å². The van der Waals surface area contributed by atoms with Gasteiger partial charge in [-0.1, -0.05) is 30.3 Å². The predicted molar refractivity (Wildman–Crippen MR) is 97.9 cm³/mol. The zero-order chi connectivity index (χ0) is 16.5. The Kier molecular flexibility index (Phi) is 4.25. The Morgan fingerprint density at radius 2 is 1.71 bits per heavy atom. The molecular weight excluding hydrogens is 296 g/mol. The lowest BCUT2D eigenvalue weighted by Crippen LogP contribution is -2.51. The highest BCUT2D eigenvalue weighted by Gasteiger charge is 2.36. The van der Waals surface area contributed by atoms with E-state index in [9.17, 15) is 0 Å². The van der Waals surface area contributed by atoms with E-state index in [2.05, 4.69) is 69.9 Å². The van der Waals surface area contributed by atoms with Crippen LogP contribution in [0.2, 0.25) is 0 Å². The molecule has 1 aromatic carbocycles. The minimum absolute atomic E-state index is 0.423. The van der Waals surface area contributed by atoms with Gasteiger partial charge in [-0.3, -0.25) is 9.80 Å². The van der Waals surface area contributed by atoms with E-state index < -0.39 is 0 Å². The maximum atomic E-state index is 4.50. The van der Waals surface area contributed by atoms with E-state index in [1.54, 1.807) is 0 Å². The summed E-state index contributed by atoms with van der Waals surface area (Å²) in [7, 11) is 0. The van der Waals surface area contributed by atoms with Crippen LogP contribution in [0.25, 0.3) is 0 Å². The molecule has 0 spiro atoms. The van der Waals surface area contributed by atoms with Gasteiger partial charge >= 0.3 is 0 Å². The van der Waals surface area contributed by atoms with Gasteiger partial charge < -0.3 is 4.90 Å². The SMILES string of the molecule is CC(C)N1Cc2ccccc2C1N1CCN(c2ccccn2)CC1. The second kappa shape index (κ2) is 6.54. The van der Waals surface area contributed by atoms with Crippen LogP contribution in [0.1, 0.15) is 31.1 Å². The van der Waals surface area contributed by atoms with Crippen LogP contribution < -0.4 is 4.90 Å². The largest absolute Gasteiger partial charge is 0.354 e. The number of anilines is 1. The molecule has 3 heterocycles. The van der Waals surface area contributed by atoms with E-state index >= 15 is 0 Å². The van der Waals surface area contributed by atoms with Crippen LogP contribution in [0, 0.1) is 0 Å². The molecule has 24 heavy (non-hydrogen) atoms. The number of fused-ring (bicyclic) bond motifs is 1. The van der Waals surface area contributed by atoms with Gasteiger partial charge in [0.2, 0.25) is 0 Å². The Labute approximate surface area is 144 Å². The van der Waals surface area contributed by atoms with Crippen LogP contribution in [-0.4, -0.2) is 47.0 Å². The first-order valence-electron chi connectivity index (χ1n) is 8.97. The molecule has 0 bridgehead atoms. The van der Waals surface area contributed by atoms with Crippen molar-refractivity contribution in [3.05, 3.63) is 59.8 Å². The summed E-state index contributed by atoms with van der Waals surface area (Å²) < 4.78 is 0. The number of pyridine rings is 1. The third-order valence-corrected chi connectivity index (χ3v) is 5.30. The summed E-state index contributed by atoms with van der Waals surface area (Å²) in [4.78, 5) is 12.2. The number of benzene rings is 1. The molecule has 2 aromatic rings. The highest BCUT2D eigenvalue weighted by atomic mass is 15.4. The molecular formula is C20H26N4. The predicted octanol–water partition coefficient (Wildman–Crippen LogP) is 3.13. The molecule has 1 atom stereocenters. The van der Waals surface area contributed by atoms with Crippen molar-refractivity contribution in [2.75, 3.05) is 31.1 Å². The van der Waals surface area contributed by atoms with Crippen LogP contribution in [0.15, 0.2) is 48.7 Å². The molecule has 2 aliphatic heterocycles. The number of hydrogen-bond donors (Lipinski definition) is 0. The monoisotopic (exact) mass is 322 g/mol. The van der Waals surface area contributed by atoms with Crippen LogP contribution in [0.5, 0.6) is 0 Å². The topological polar surface area (TPSA) is 22.6 Å². The number of nitrogens with zero attached hydrogens (tertiary/aromatic N) is 4. The molecule has 0 amide bonds. The first kappa shape index (κ1) is 15.6. The van der Waals surface area contributed by atoms with Gasteiger partial charge in [0.05, 0.1) is 6.17 Å². The van der Waals surface area contributed by atoms with E-state index in [-0.39, 0.29) is 0 Å². The molecule has 1 fully saturated rings. The van der Waals surface area contributed by atoms with Gasteiger partial charge in [-0.2, -0.15) is 0 Å². The summed E-state index contributed by atoms with van der Waals surface area (Å²) >= 11 is 0. The first-order valence-corrected chi connectivity index (χ1v) is 8.97. The van der Waals surface area contributed by atoms with Crippen LogP contribution in [0.4, 0.5) is 5.82 Å². The molecule has 4 nitrogen and oxygen atoms in total. The summed E-state index contributed by atoms with van der Waals surface area (Å²) in [6, 6.07) is 15.7. The average Bonchev–Trinajstić information content (AvgIpc) is 3.02. The summed E-state index contributed by atoms with van der Waals surface area (Å²) in [5, 5.41) is 0. The Hall–Kier alpha value is -1.91. The molecule has 126 valence electrons. The fraction of sp³-hybridized carbons (Fsp3) is 0.450. The second-order valence-corrected chi connectivity index (χ2v) is 7.05. The van der Waals surface area contributed by atoms with Crippen molar-refractivity contribution in [2.45, 2.75) is 32.6 Å². The third-order valence-electron chi connectivity index (χ3n) is 5.30. The van der Waals surface area contributed by atoms with Crippen molar-refractivity contribution in [1.82, 2.24) is 14.8 Å². The van der Waals surface area contributed by atoms with Gasteiger partial charge in [-0.25, -0.2) is 4.98 Å². The fourth-order valence-electron chi connectivity index (χ4n) is 4.00. The maximum absolute atomic E-state index is 4.50. The Bertz CT molecular complexity index is 677. The molecule has 0 N–H and O–H groups in total. The number of hydrogen-bond acceptors (Lipinski definition) is 4. The lowest BCUT2D eigenvalue weighted by atomic mass is 10.1. The van der Waals surface area contributed by atoms with E-state index in [4.69, 9.17) is 0 Å². The zero-order valence-corrected chi connectivity index (χ0v) is 14.6. The van der Waals surface area contributed by atoms with E-state index in [0.29, 0.717) is 12.2 Å². The van der Waals surface area contributed by atoms with Crippen LogP contribution in [0.3, 0.4) is 0 Å². The number of piperazine rings is 1. The summed E-state index contributed by atoms with van der Waals surface area (Å²) in [5.74, 6) is 1.10. The van der Waals surface area contributed by atoms with Crippen molar-refractivity contribution in [3.8, 4) is 0 Å². The van der Waals surface area contributed by atoms with Gasteiger partial charge in [-0.05, 0) is 37.1 Å². The molecule has 4 rings (SSSR count). The zero-order valence-electron chi connectivity index (χ0n) is 14.6. The van der Waals surface area contributed by atoms with Crippen molar-refractivity contribution in [1.29, 1.82) is 0 Å². The molecule has 0 aliphatic carbocycles. The van der Waals surface area contributed by atoms with E-state index in [0.717, 1.165) is 38.5 Å². The minimum Gasteiger partial charge on any atom is -0.354 e. The van der Waals surface area contributed by atoms with Gasteiger partial charge in [-0.15, -0.1) is 0 Å². The molecule has 4 heteroatoms. The van der Waals surface area contributed by atoms with Crippen molar-refractivity contribution < 1.29 is 0 Å².